The number of hydrogen-bond acceptors (Lipinski definition) is 3. The Morgan fingerprint density at radius 1 is 1.46 bits per heavy atom. The smallest absolute Gasteiger partial charge is 0.119 e. The second-order valence-electron chi connectivity index (χ2n) is 3.01. The Labute approximate surface area is 78.4 Å². The molecular weight excluding hydrogens is 166 g/mol. The molecule has 0 aromatic heterocycles. The number of rotatable bonds is 4. The van der Waals surface area contributed by atoms with Gasteiger partial charge >= 0.3 is 0 Å². The quantitative estimate of drug-likeness (QED) is 0.719. The predicted molar refractivity (Wildman–Crippen MR) is 51.5 cm³/mol. The van der Waals surface area contributed by atoms with Crippen molar-refractivity contribution >= 4 is 0 Å². The molecule has 3 heteroatoms. The first-order valence-electron chi connectivity index (χ1n) is 4.23. The van der Waals surface area contributed by atoms with E-state index in [0.717, 1.165) is 5.75 Å². The molecule has 1 atom stereocenters. The molecule has 0 bridgehead atoms. The van der Waals surface area contributed by atoms with Gasteiger partial charge in [-0.25, -0.2) is 5.90 Å². The Bertz CT molecular complexity index is 263. The maximum Gasteiger partial charge on any atom is 0.119 e. The Kier molecular flexibility index (Phi) is 3.73. The molecule has 0 spiro atoms. The van der Waals surface area contributed by atoms with Crippen molar-refractivity contribution in [3.63, 3.8) is 0 Å². The molecule has 0 fully saturated rings. The van der Waals surface area contributed by atoms with E-state index in [4.69, 9.17) is 10.6 Å². The van der Waals surface area contributed by atoms with Crippen molar-refractivity contribution in [2.75, 3.05) is 13.7 Å². The van der Waals surface area contributed by atoms with Crippen LogP contribution in [0.4, 0.5) is 0 Å². The summed E-state index contributed by atoms with van der Waals surface area (Å²) < 4.78 is 5.11. The van der Waals surface area contributed by atoms with Gasteiger partial charge in [0.2, 0.25) is 0 Å². The fourth-order valence-corrected chi connectivity index (χ4v) is 1.19. The van der Waals surface area contributed by atoms with Crippen LogP contribution < -0.4 is 10.6 Å². The van der Waals surface area contributed by atoms with Crippen LogP contribution in [0.25, 0.3) is 0 Å². The average molecular weight is 181 g/mol. The van der Waals surface area contributed by atoms with Gasteiger partial charge in [-0.3, -0.25) is 0 Å². The first kappa shape index (κ1) is 10.0. The lowest BCUT2D eigenvalue weighted by Gasteiger charge is -2.10. The van der Waals surface area contributed by atoms with Crippen molar-refractivity contribution in [1.29, 1.82) is 0 Å². The van der Waals surface area contributed by atoms with Crippen LogP contribution in [-0.4, -0.2) is 13.7 Å². The second-order valence-corrected chi connectivity index (χ2v) is 3.01. The molecular formula is C10H15NO2. The van der Waals surface area contributed by atoms with E-state index in [9.17, 15) is 0 Å². The van der Waals surface area contributed by atoms with Crippen molar-refractivity contribution in [3.8, 4) is 5.75 Å². The molecule has 0 aliphatic heterocycles. The molecule has 0 heterocycles. The van der Waals surface area contributed by atoms with Gasteiger partial charge in [0.15, 0.2) is 0 Å². The summed E-state index contributed by atoms with van der Waals surface area (Å²) in [5.74, 6) is 6.16. The lowest BCUT2D eigenvalue weighted by atomic mass is 10.0. The van der Waals surface area contributed by atoms with Gasteiger partial charge in [-0.05, 0) is 17.7 Å². The van der Waals surface area contributed by atoms with Crippen molar-refractivity contribution in [2.24, 2.45) is 5.90 Å². The van der Waals surface area contributed by atoms with Gasteiger partial charge in [-0.2, -0.15) is 0 Å². The van der Waals surface area contributed by atoms with Crippen LogP contribution in [0.2, 0.25) is 0 Å². The molecule has 0 saturated heterocycles. The topological polar surface area (TPSA) is 44.5 Å². The van der Waals surface area contributed by atoms with Gasteiger partial charge < -0.3 is 9.57 Å². The molecule has 0 saturated carbocycles. The summed E-state index contributed by atoms with van der Waals surface area (Å²) in [4.78, 5) is 4.59. The lowest BCUT2D eigenvalue weighted by molar-refractivity contribution is 0.126. The maximum atomic E-state index is 5.11. The fraction of sp³-hybridized carbons (Fsp3) is 0.400. The van der Waals surface area contributed by atoms with Crippen LogP contribution in [0.1, 0.15) is 18.4 Å². The van der Waals surface area contributed by atoms with Crippen molar-refractivity contribution in [1.82, 2.24) is 0 Å². The number of benzene rings is 1. The number of ether oxygens (including phenoxy) is 1. The van der Waals surface area contributed by atoms with E-state index in [1.807, 2.05) is 24.3 Å². The SMILES string of the molecule is COc1cccc(C(C)CON)c1. The van der Waals surface area contributed by atoms with Crippen molar-refractivity contribution < 1.29 is 9.57 Å². The van der Waals surface area contributed by atoms with Gasteiger partial charge in [-0.1, -0.05) is 19.1 Å². The van der Waals surface area contributed by atoms with Gasteiger partial charge in [-0.15, -0.1) is 0 Å². The summed E-state index contributed by atoms with van der Waals surface area (Å²) in [7, 11) is 1.66. The minimum Gasteiger partial charge on any atom is -0.497 e. The van der Waals surface area contributed by atoms with Crippen LogP contribution >= 0.6 is 0 Å². The standard InChI is InChI=1S/C10H15NO2/c1-8(7-13-11)9-4-3-5-10(6-9)12-2/h3-6,8H,7,11H2,1-2H3. The zero-order chi connectivity index (χ0) is 9.68. The summed E-state index contributed by atoms with van der Waals surface area (Å²) >= 11 is 0. The number of nitrogens with two attached hydrogens (primary N) is 1. The Hall–Kier alpha value is -1.06. The normalized spacial score (nSPS) is 12.5. The Balaban J connectivity index is 2.75. The van der Waals surface area contributed by atoms with E-state index in [2.05, 4.69) is 11.8 Å². The number of hydrogen-bond donors (Lipinski definition) is 1. The van der Waals surface area contributed by atoms with Crippen LogP contribution in [0, 0.1) is 0 Å². The molecule has 1 aromatic rings. The summed E-state index contributed by atoms with van der Waals surface area (Å²) in [6.45, 7) is 2.58. The van der Waals surface area contributed by atoms with E-state index >= 15 is 0 Å². The first-order chi connectivity index (χ1) is 6.27. The van der Waals surface area contributed by atoms with Gasteiger partial charge in [0.1, 0.15) is 5.75 Å². The average Bonchev–Trinajstić information content (AvgIpc) is 2.18. The maximum absolute atomic E-state index is 5.11. The third kappa shape index (κ3) is 2.72. The monoisotopic (exact) mass is 181 g/mol. The third-order valence-corrected chi connectivity index (χ3v) is 2.01. The molecule has 2 N–H and O–H groups in total. The molecule has 72 valence electrons. The van der Waals surface area contributed by atoms with Crippen LogP contribution in [0.15, 0.2) is 24.3 Å². The predicted octanol–water partition coefficient (Wildman–Crippen LogP) is 1.69. The van der Waals surface area contributed by atoms with E-state index in [0.29, 0.717) is 12.5 Å². The second kappa shape index (κ2) is 4.84. The van der Waals surface area contributed by atoms with E-state index < -0.39 is 0 Å². The molecule has 1 unspecified atom stereocenters. The number of methoxy groups -OCH3 is 1. The Morgan fingerprint density at radius 3 is 2.85 bits per heavy atom. The third-order valence-electron chi connectivity index (χ3n) is 2.01. The largest absolute Gasteiger partial charge is 0.497 e. The van der Waals surface area contributed by atoms with Gasteiger partial charge in [0, 0.05) is 5.92 Å². The highest BCUT2D eigenvalue weighted by molar-refractivity contribution is 5.30. The Morgan fingerprint density at radius 2 is 2.23 bits per heavy atom. The molecule has 0 radical (unpaired) electrons. The molecule has 1 rings (SSSR count). The van der Waals surface area contributed by atoms with Gasteiger partial charge in [0.25, 0.3) is 0 Å². The zero-order valence-corrected chi connectivity index (χ0v) is 7.99. The van der Waals surface area contributed by atoms with Crippen LogP contribution in [0.5, 0.6) is 5.75 Å². The minimum atomic E-state index is 0.292. The summed E-state index contributed by atoms with van der Waals surface area (Å²) in [6.07, 6.45) is 0. The zero-order valence-electron chi connectivity index (χ0n) is 7.99. The van der Waals surface area contributed by atoms with Crippen molar-refractivity contribution in [3.05, 3.63) is 29.8 Å². The fourth-order valence-electron chi connectivity index (χ4n) is 1.19. The van der Waals surface area contributed by atoms with Crippen LogP contribution in [0.3, 0.4) is 0 Å². The highest BCUT2D eigenvalue weighted by Gasteiger charge is 2.05. The molecule has 1 aromatic carbocycles. The van der Waals surface area contributed by atoms with Crippen molar-refractivity contribution in [2.45, 2.75) is 12.8 Å². The minimum absolute atomic E-state index is 0.292. The lowest BCUT2D eigenvalue weighted by Crippen LogP contribution is -2.08. The van der Waals surface area contributed by atoms with E-state index in [1.165, 1.54) is 5.56 Å². The molecule has 0 amide bonds. The van der Waals surface area contributed by atoms with E-state index in [-0.39, 0.29) is 0 Å². The molecule has 13 heavy (non-hydrogen) atoms. The summed E-state index contributed by atoms with van der Waals surface area (Å²) in [5.41, 5.74) is 1.17. The molecule has 0 aliphatic rings. The van der Waals surface area contributed by atoms with Gasteiger partial charge in [0.05, 0.1) is 13.7 Å². The molecule has 0 aliphatic carbocycles. The first-order valence-corrected chi connectivity index (χ1v) is 4.23. The highest BCUT2D eigenvalue weighted by Crippen LogP contribution is 2.20. The highest BCUT2D eigenvalue weighted by atomic mass is 16.6. The van der Waals surface area contributed by atoms with E-state index in [1.54, 1.807) is 7.11 Å². The molecule has 3 nitrogen and oxygen atoms in total. The summed E-state index contributed by atoms with van der Waals surface area (Å²) in [6, 6.07) is 7.90. The summed E-state index contributed by atoms with van der Waals surface area (Å²) in [5, 5.41) is 0. The van der Waals surface area contributed by atoms with Crippen LogP contribution in [-0.2, 0) is 4.84 Å².